The molecular formula is C11H15NO3S. The Labute approximate surface area is 98.8 Å². The maximum absolute atomic E-state index is 10.5. The van der Waals surface area contributed by atoms with E-state index < -0.39 is 5.97 Å². The number of carboxylic acids is 1. The summed E-state index contributed by atoms with van der Waals surface area (Å²) in [5.41, 5.74) is 6.26. The molecule has 0 heterocycles. The van der Waals surface area contributed by atoms with Crippen LogP contribution in [0.15, 0.2) is 23.1 Å². The number of thioether (sulfide) groups is 1. The summed E-state index contributed by atoms with van der Waals surface area (Å²) < 4.78 is 5.18. The lowest BCUT2D eigenvalue weighted by Crippen LogP contribution is -2.05. The number of hydrogen-bond acceptors (Lipinski definition) is 4. The van der Waals surface area contributed by atoms with Crippen LogP contribution in [-0.4, -0.2) is 23.4 Å². The van der Waals surface area contributed by atoms with E-state index in [1.54, 1.807) is 19.2 Å². The molecule has 0 spiro atoms. The van der Waals surface area contributed by atoms with Gasteiger partial charge in [0.1, 0.15) is 5.75 Å². The molecule has 0 saturated heterocycles. The molecule has 0 saturated carbocycles. The predicted molar refractivity (Wildman–Crippen MR) is 65.0 cm³/mol. The average Bonchev–Trinajstić information content (AvgIpc) is 2.19. The van der Waals surface area contributed by atoms with Gasteiger partial charge in [-0.25, -0.2) is 0 Å². The molecule has 16 heavy (non-hydrogen) atoms. The smallest absolute Gasteiger partial charge is 0.304 e. The van der Waals surface area contributed by atoms with Crippen molar-refractivity contribution in [3.8, 4) is 5.75 Å². The molecule has 1 aromatic rings. The monoisotopic (exact) mass is 241 g/mol. The lowest BCUT2D eigenvalue weighted by Gasteiger charge is -2.12. The Morgan fingerprint density at radius 1 is 1.62 bits per heavy atom. The number of ether oxygens (including phenoxy) is 1. The van der Waals surface area contributed by atoms with Crippen LogP contribution in [0.2, 0.25) is 0 Å². The molecule has 0 amide bonds. The van der Waals surface area contributed by atoms with Crippen LogP contribution in [0.3, 0.4) is 0 Å². The van der Waals surface area contributed by atoms with Crippen molar-refractivity contribution in [3.63, 3.8) is 0 Å². The molecule has 0 bridgehead atoms. The Morgan fingerprint density at radius 2 is 2.31 bits per heavy atom. The van der Waals surface area contributed by atoms with Crippen LogP contribution in [0.4, 0.5) is 5.69 Å². The highest BCUT2D eigenvalue weighted by Crippen LogP contribution is 2.34. The van der Waals surface area contributed by atoms with Gasteiger partial charge in [-0.2, -0.15) is 0 Å². The van der Waals surface area contributed by atoms with Gasteiger partial charge in [-0.3, -0.25) is 4.79 Å². The van der Waals surface area contributed by atoms with E-state index >= 15 is 0 Å². The van der Waals surface area contributed by atoms with Crippen molar-refractivity contribution >= 4 is 23.4 Å². The fourth-order valence-electron chi connectivity index (χ4n) is 1.29. The Morgan fingerprint density at radius 3 is 2.88 bits per heavy atom. The Bertz CT molecular complexity index is 381. The highest BCUT2D eigenvalue weighted by Gasteiger charge is 2.12. The largest absolute Gasteiger partial charge is 0.496 e. The summed E-state index contributed by atoms with van der Waals surface area (Å²) >= 11 is 1.47. The van der Waals surface area contributed by atoms with Crippen molar-refractivity contribution in [1.82, 2.24) is 0 Å². The van der Waals surface area contributed by atoms with E-state index in [1.807, 2.05) is 13.0 Å². The zero-order valence-electron chi connectivity index (χ0n) is 9.27. The van der Waals surface area contributed by atoms with Crippen molar-refractivity contribution in [2.75, 3.05) is 12.8 Å². The summed E-state index contributed by atoms with van der Waals surface area (Å²) in [6, 6.07) is 5.35. The molecule has 88 valence electrons. The fraction of sp³-hybridized carbons (Fsp3) is 0.364. The zero-order chi connectivity index (χ0) is 12.1. The van der Waals surface area contributed by atoms with Gasteiger partial charge in [0.2, 0.25) is 0 Å². The lowest BCUT2D eigenvalue weighted by atomic mass is 10.3. The maximum Gasteiger partial charge on any atom is 0.304 e. The molecule has 0 radical (unpaired) electrons. The number of benzene rings is 1. The molecule has 0 fully saturated rings. The first-order valence-electron chi connectivity index (χ1n) is 4.85. The Hall–Kier alpha value is -1.36. The summed E-state index contributed by atoms with van der Waals surface area (Å²) in [5.74, 6) is -0.114. The van der Waals surface area contributed by atoms with Crippen molar-refractivity contribution < 1.29 is 14.6 Å². The van der Waals surface area contributed by atoms with Crippen molar-refractivity contribution in [2.45, 2.75) is 23.5 Å². The van der Waals surface area contributed by atoms with Crippen molar-refractivity contribution in [3.05, 3.63) is 18.2 Å². The minimum absolute atomic E-state index is 0.00461. The van der Waals surface area contributed by atoms with Gasteiger partial charge in [-0.1, -0.05) is 6.92 Å². The van der Waals surface area contributed by atoms with Crippen molar-refractivity contribution in [2.24, 2.45) is 0 Å². The molecular weight excluding hydrogens is 226 g/mol. The molecule has 1 atom stereocenters. The number of nitrogens with two attached hydrogens (primary N) is 1. The third-order valence-electron chi connectivity index (χ3n) is 1.98. The number of aliphatic carboxylic acids is 1. The van der Waals surface area contributed by atoms with Crippen LogP contribution in [0.5, 0.6) is 5.75 Å². The highest BCUT2D eigenvalue weighted by molar-refractivity contribution is 8.00. The second-order valence-corrected chi connectivity index (χ2v) is 4.92. The normalized spacial score (nSPS) is 12.1. The lowest BCUT2D eigenvalue weighted by molar-refractivity contribution is -0.136. The quantitative estimate of drug-likeness (QED) is 0.611. The topological polar surface area (TPSA) is 72.5 Å². The van der Waals surface area contributed by atoms with Crippen LogP contribution >= 0.6 is 11.8 Å². The number of carbonyl (C=O) groups is 1. The van der Waals surface area contributed by atoms with E-state index in [-0.39, 0.29) is 11.7 Å². The standard InChI is InChI=1S/C11H15NO3S/c1-7(5-11(13)14)16-10-4-3-8(12)6-9(10)15-2/h3-4,6-7H,5,12H2,1-2H3,(H,13,14). The number of anilines is 1. The van der Waals surface area contributed by atoms with Gasteiger partial charge in [0.25, 0.3) is 0 Å². The first kappa shape index (κ1) is 12.7. The maximum atomic E-state index is 10.5. The third-order valence-corrected chi connectivity index (χ3v) is 3.14. The Kier molecular flexibility index (Phi) is 4.49. The van der Waals surface area contributed by atoms with Gasteiger partial charge < -0.3 is 15.6 Å². The highest BCUT2D eigenvalue weighted by atomic mass is 32.2. The van der Waals surface area contributed by atoms with Gasteiger partial charge in [0, 0.05) is 21.9 Å². The van der Waals surface area contributed by atoms with Crippen LogP contribution in [0.1, 0.15) is 13.3 Å². The molecule has 1 rings (SSSR count). The summed E-state index contributed by atoms with van der Waals surface area (Å²) in [4.78, 5) is 11.5. The predicted octanol–water partition coefficient (Wildman–Crippen LogP) is 2.23. The summed E-state index contributed by atoms with van der Waals surface area (Å²) in [6.45, 7) is 1.87. The van der Waals surface area contributed by atoms with E-state index in [1.165, 1.54) is 11.8 Å². The second kappa shape index (κ2) is 5.65. The van der Waals surface area contributed by atoms with Gasteiger partial charge in [0.15, 0.2) is 0 Å². The number of carboxylic acid groups (broad SMARTS) is 1. The van der Waals surface area contributed by atoms with Gasteiger partial charge in [0.05, 0.1) is 13.5 Å². The Balaban J connectivity index is 2.76. The fourth-order valence-corrected chi connectivity index (χ4v) is 2.35. The van der Waals surface area contributed by atoms with Crippen LogP contribution in [-0.2, 0) is 4.79 Å². The van der Waals surface area contributed by atoms with Gasteiger partial charge >= 0.3 is 5.97 Å². The van der Waals surface area contributed by atoms with Crippen molar-refractivity contribution in [1.29, 1.82) is 0 Å². The minimum Gasteiger partial charge on any atom is -0.496 e. The molecule has 1 aromatic carbocycles. The van der Waals surface area contributed by atoms with Crippen LogP contribution in [0.25, 0.3) is 0 Å². The number of rotatable bonds is 5. The number of hydrogen-bond donors (Lipinski definition) is 2. The van der Waals surface area contributed by atoms with E-state index in [4.69, 9.17) is 15.6 Å². The van der Waals surface area contributed by atoms with Crippen LogP contribution < -0.4 is 10.5 Å². The molecule has 0 aliphatic rings. The molecule has 5 heteroatoms. The summed E-state index contributed by atoms with van der Waals surface area (Å²) in [7, 11) is 1.57. The SMILES string of the molecule is COc1cc(N)ccc1SC(C)CC(=O)O. The van der Waals surface area contributed by atoms with Crippen LogP contribution in [0, 0.1) is 0 Å². The number of nitrogen functional groups attached to an aromatic ring is 1. The molecule has 4 nitrogen and oxygen atoms in total. The summed E-state index contributed by atoms with van der Waals surface area (Å²) in [6.07, 6.45) is 0.123. The first-order valence-corrected chi connectivity index (χ1v) is 5.73. The number of methoxy groups -OCH3 is 1. The van der Waals surface area contributed by atoms with E-state index in [0.29, 0.717) is 11.4 Å². The zero-order valence-corrected chi connectivity index (χ0v) is 10.1. The third kappa shape index (κ3) is 3.66. The van der Waals surface area contributed by atoms with E-state index in [9.17, 15) is 4.79 Å². The van der Waals surface area contributed by atoms with Gasteiger partial charge in [-0.15, -0.1) is 11.8 Å². The van der Waals surface area contributed by atoms with Gasteiger partial charge in [-0.05, 0) is 12.1 Å². The average molecular weight is 241 g/mol. The van der Waals surface area contributed by atoms with E-state index in [0.717, 1.165) is 4.90 Å². The summed E-state index contributed by atoms with van der Waals surface area (Å²) in [5, 5.41) is 8.66. The minimum atomic E-state index is -0.797. The first-order chi connectivity index (χ1) is 7.52. The second-order valence-electron chi connectivity index (χ2n) is 3.44. The molecule has 0 aromatic heterocycles. The molecule has 1 unspecified atom stereocenters. The van der Waals surface area contributed by atoms with E-state index in [2.05, 4.69) is 0 Å². The molecule has 0 aliphatic carbocycles. The molecule has 3 N–H and O–H groups in total. The molecule has 0 aliphatic heterocycles.